The number of hydrogen-bond acceptors (Lipinski definition) is 1. The average molecular weight is 316 g/mol. The molecular weight excluding hydrogens is 294 g/mol. The summed E-state index contributed by atoms with van der Waals surface area (Å²) in [7, 11) is 0. The van der Waals surface area contributed by atoms with Crippen molar-refractivity contribution in [2.75, 3.05) is 6.67 Å². The van der Waals surface area contributed by atoms with Gasteiger partial charge in [-0.2, -0.15) is 0 Å². The number of alkyl halides is 1. The fourth-order valence-corrected chi connectivity index (χ4v) is 3.20. The van der Waals surface area contributed by atoms with Crippen LogP contribution in [0.2, 0.25) is 0 Å². The fraction of sp³-hybridized carbons (Fsp3) is 0.400. The van der Waals surface area contributed by atoms with Gasteiger partial charge < -0.3 is 4.74 Å². The van der Waals surface area contributed by atoms with E-state index in [1.165, 1.54) is 0 Å². The molecule has 0 N–H and O–H groups in total. The second kappa shape index (κ2) is 7.22. The summed E-state index contributed by atoms with van der Waals surface area (Å²) >= 11 is 0. The number of halogens is 2. The summed E-state index contributed by atoms with van der Waals surface area (Å²) in [5, 5.41) is 0. The summed E-state index contributed by atoms with van der Waals surface area (Å²) in [6, 6.07) is 11.5. The van der Waals surface area contributed by atoms with Gasteiger partial charge in [0.2, 0.25) is 0 Å². The van der Waals surface area contributed by atoms with Crippen LogP contribution in [0.15, 0.2) is 36.4 Å². The van der Waals surface area contributed by atoms with Gasteiger partial charge in [-0.3, -0.25) is 4.39 Å². The van der Waals surface area contributed by atoms with Crippen LogP contribution >= 0.6 is 0 Å². The highest BCUT2D eigenvalue weighted by Crippen LogP contribution is 2.33. The molecule has 1 atom stereocenters. The van der Waals surface area contributed by atoms with Gasteiger partial charge in [0.05, 0.1) is 19.4 Å². The first-order chi connectivity index (χ1) is 11.2. The van der Waals surface area contributed by atoms with E-state index >= 15 is 0 Å². The molecule has 122 valence electrons. The summed E-state index contributed by atoms with van der Waals surface area (Å²) in [6.07, 6.45) is 2.75. The Hall–Kier alpha value is -1.74. The topological polar surface area (TPSA) is 9.23 Å². The highest BCUT2D eigenvalue weighted by molar-refractivity contribution is 5.37. The van der Waals surface area contributed by atoms with E-state index in [0.717, 1.165) is 40.7 Å². The van der Waals surface area contributed by atoms with Crippen LogP contribution < -0.4 is 0 Å². The third kappa shape index (κ3) is 3.61. The zero-order valence-electron chi connectivity index (χ0n) is 13.4. The van der Waals surface area contributed by atoms with Crippen molar-refractivity contribution in [1.82, 2.24) is 0 Å². The largest absolute Gasteiger partial charge is 0.368 e. The molecular formula is C20H22F2O. The lowest BCUT2D eigenvalue weighted by Crippen LogP contribution is -2.17. The van der Waals surface area contributed by atoms with E-state index in [0.29, 0.717) is 19.4 Å². The normalized spacial score (nSPS) is 17.1. The van der Waals surface area contributed by atoms with Crippen molar-refractivity contribution in [3.05, 3.63) is 70.0 Å². The van der Waals surface area contributed by atoms with Gasteiger partial charge >= 0.3 is 0 Å². The van der Waals surface area contributed by atoms with E-state index in [9.17, 15) is 8.78 Å². The molecule has 2 aromatic rings. The summed E-state index contributed by atoms with van der Waals surface area (Å²) in [6.45, 7) is 2.19. The van der Waals surface area contributed by atoms with E-state index in [1.807, 2.05) is 24.3 Å². The molecule has 1 unspecified atom stereocenters. The maximum atomic E-state index is 14.4. The third-order valence-corrected chi connectivity index (χ3v) is 4.45. The van der Waals surface area contributed by atoms with Crippen molar-refractivity contribution in [2.45, 2.75) is 45.3 Å². The van der Waals surface area contributed by atoms with Crippen LogP contribution in [0.1, 0.15) is 47.3 Å². The monoisotopic (exact) mass is 316 g/mol. The number of aryl methyl sites for hydroxylation is 2. The highest BCUT2D eigenvalue weighted by Gasteiger charge is 2.24. The fourth-order valence-electron chi connectivity index (χ4n) is 3.20. The minimum Gasteiger partial charge on any atom is -0.368 e. The number of benzene rings is 2. The molecule has 23 heavy (non-hydrogen) atoms. The predicted molar refractivity (Wildman–Crippen MR) is 87.8 cm³/mol. The number of fused-ring (bicyclic) bond motifs is 1. The van der Waals surface area contributed by atoms with Crippen LogP contribution in [0, 0.1) is 5.82 Å². The Morgan fingerprint density at radius 2 is 1.87 bits per heavy atom. The van der Waals surface area contributed by atoms with Crippen LogP contribution in [0.5, 0.6) is 0 Å². The second-order valence-electron chi connectivity index (χ2n) is 6.15. The molecule has 0 saturated heterocycles. The third-order valence-electron chi connectivity index (χ3n) is 4.45. The Kier molecular flexibility index (Phi) is 5.06. The van der Waals surface area contributed by atoms with E-state index < -0.39 is 0 Å². The maximum absolute atomic E-state index is 14.4. The van der Waals surface area contributed by atoms with Crippen molar-refractivity contribution >= 4 is 0 Å². The van der Waals surface area contributed by atoms with Gasteiger partial charge in [-0.15, -0.1) is 0 Å². The van der Waals surface area contributed by atoms with Crippen LogP contribution in [-0.2, 0) is 30.6 Å². The molecule has 1 aliphatic heterocycles. The van der Waals surface area contributed by atoms with Gasteiger partial charge in [0, 0.05) is 12.8 Å². The molecule has 0 amide bonds. The Balaban J connectivity index is 1.79. The quantitative estimate of drug-likeness (QED) is 0.745. The van der Waals surface area contributed by atoms with Gasteiger partial charge in [0.1, 0.15) is 5.82 Å². The molecule has 3 rings (SSSR count). The molecule has 0 spiro atoms. The molecule has 0 aromatic heterocycles. The molecule has 1 aliphatic rings. The van der Waals surface area contributed by atoms with Gasteiger partial charge in [0.25, 0.3) is 0 Å². The molecule has 1 nitrogen and oxygen atoms in total. The van der Waals surface area contributed by atoms with Crippen LogP contribution in [0.4, 0.5) is 8.78 Å². The standard InChI is InChI=1S/C20H22F2O/c1-2-3-15-10-17-13-23-20(12-18(17)19(22)11-15)16-6-4-14(5-7-16)8-9-21/h4-7,10-11,20H,2-3,8-9,12-13H2,1H3. The van der Waals surface area contributed by atoms with E-state index in [2.05, 4.69) is 13.0 Å². The zero-order chi connectivity index (χ0) is 16.2. The lowest BCUT2D eigenvalue weighted by Gasteiger charge is -2.26. The highest BCUT2D eigenvalue weighted by atomic mass is 19.1. The predicted octanol–water partition coefficient (Wildman–Crippen LogP) is 5.10. The van der Waals surface area contributed by atoms with Crippen LogP contribution in [-0.4, -0.2) is 6.67 Å². The first-order valence-corrected chi connectivity index (χ1v) is 8.27. The molecule has 3 heteroatoms. The molecule has 0 saturated carbocycles. The van der Waals surface area contributed by atoms with Crippen molar-refractivity contribution in [3.8, 4) is 0 Å². The molecule has 0 bridgehead atoms. The summed E-state index contributed by atoms with van der Waals surface area (Å²) in [4.78, 5) is 0. The van der Waals surface area contributed by atoms with Crippen molar-refractivity contribution < 1.29 is 13.5 Å². The summed E-state index contributed by atoms with van der Waals surface area (Å²) in [5.41, 5.74) is 4.78. The lowest BCUT2D eigenvalue weighted by atomic mass is 9.92. The number of rotatable bonds is 5. The Bertz CT molecular complexity index is 664. The minimum absolute atomic E-state index is 0.117. The van der Waals surface area contributed by atoms with E-state index in [-0.39, 0.29) is 18.6 Å². The van der Waals surface area contributed by atoms with Crippen LogP contribution in [0.3, 0.4) is 0 Å². The summed E-state index contributed by atoms with van der Waals surface area (Å²) < 4.78 is 32.7. The van der Waals surface area contributed by atoms with Gasteiger partial charge in [-0.05, 0) is 40.3 Å². The van der Waals surface area contributed by atoms with Gasteiger partial charge in [0.15, 0.2) is 0 Å². The average Bonchev–Trinajstić information content (AvgIpc) is 2.56. The minimum atomic E-state index is -0.349. The SMILES string of the molecule is CCCc1cc(F)c2c(c1)COC(c1ccc(CCF)cc1)C2. The van der Waals surface area contributed by atoms with E-state index in [1.54, 1.807) is 6.07 Å². The Morgan fingerprint density at radius 3 is 2.57 bits per heavy atom. The zero-order valence-corrected chi connectivity index (χ0v) is 13.4. The molecule has 0 aliphatic carbocycles. The Labute approximate surface area is 136 Å². The molecule has 2 aromatic carbocycles. The van der Waals surface area contributed by atoms with Crippen molar-refractivity contribution in [1.29, 1.82) is 0 Å². The lowest BCUT2D eigenvalue weighted by molar-refractivity contribution is 0.0262. The summed E-state index contributed by atoms with van der Waals surface area (Å²) in [5.74, 6) is -0.117. The smallest absolute Gasteiger partial charge is 0.127 e. The second-order valence-corrected chi connectivity index (χ2v) is 6.15. The molecule has 0 fully saturated rings. The van der Waals surface area contributed by atoms with Crippen LogP contribution in [0.25, 0.3) is 0 Å². The Morgan fingerprint density at radius 1 is 1.09 bits per heavy atom. The first-order valence-electron chi connectivity index (χ1n) is 8.27. The number of hydrogen-bond donors (Lipinski definition) is 0. The first kappa shape index (κ1) is 16.1. The van der Waals surface area contributed by atoms with Crippen molar-refractivity contribution in [2.24, 2.45) is 0 Å². The molecule has 0 radical (unpaired) electrons. The maximum Gasteiger partial charge on any atom is 0.127 e. The van der Waals surface area contributed by atoms with Gasteiger partial charge in [-0.25, -0.2) is 4.39 Å². The number of ether oxygens (including phenoxy) is 1. The molecule has 1 heterocycles. The van der Waals surface area contributed by atoms with E-state index in [4.69, 9.17) is 4.74 Å². The van der Waals surface area contributed by atoms with Crippen molar-refractivity contribution in [3.63, 3.8) is 0 Å². The van der Waals surface area contributed by atoms with Gasteiger partial charge in [-0.1, -0.05) is 43.7 Å².